The molecule has 0 aromatic rings. The van der Waals surface area contributed by atoms with Crippen molar-refractivity contribution in [2.45, 2.75) is 13.3 Å². The zero-order valence-electron chi connectivity index (χ0n) is 9.14. The third kappa shape index (κ3) is 262. The van der Waals surface area contributed by atoms with E-state index in [-0.39, 0.29) is 113 Å². The van der Waals surface area contributed by atoms with E-state index < -0.39 is 15.6 Å². The molecule has 0 unspecified atom stereocenters. The van der Waals surface area contributed by atoms with E-state index in [4.69, 9.17) is 43.6 Å². The van der Waals surface area contributed by atoms with Gasteiger partial charge >= 0.3 is 113 Å². The largest absolute Gasteiger partial charge is 2.00 e. The molecule has 9 nitrogen and oxygen atoms in total. The van der Waals surface area contributed by atoms with Gasteiger partial charge in [-0.2, -0.15) is 15.6 Å². The van der Waals surface area contributed by atoms with Crippen molar-refractivity contribution in [3.8, 4) is 0 Å². The Bertz CT molecular complexity index is 163. The molecule has 0 atom stereocenters. The zero-order chi connectivity index (χ0) is 12.4. The molecule has 14 heteroatoms. The Morgan fingerprint density at radius 3 is 0.882 bits per heavy atom. The van der Waals surface area contributed by atoms with E-state index in [0.29, 0.717) is 6.61 Å². The van der Waals surface area contributed by atoms with Crippen molar-refractivity contribution in [2.75, 3.05) is 6.61 Å². The zero-order valence-corrected chi connectivity index (χ0v) is 17.6. The summed E-state index contributed by atoms with van der Waals surface area (Å²) in [6, 6.07) is 0. The molecule has 0 radical (unpaired) electrons. The van der Waals surface area contributed by atoms with Gasteiger partial charge in [-0.05, 0) is 6.42 Å². The van der Waals surface area contributed by atoms with E-state index in [9.17, 15) is 0 Å². The average molecular weight is 370 g/mol. The molecular formula is C3H8Ca3O9P2. The van der Waals surface area contributed by atoms with Crippen LogP contribution in [0.4, 0.5) is 0 Å². The molecule has 0 rings (SSSR count). The van der Waals surface area contributed by atoms with E-state index in [1.165, 1.54) is 0 Å². The molecule has 0 amide bonds. The van der Waals surface area contributed by atoms with Crippen LogP contribution in [0.25, 0.3) is 0 Å². The Balaban J connectivity index is -0.0000000247. The summed E-state index contributed by atoms with van der Waals surface area (Å²) in [6.45, 7) is 2.25. The van der Waals surface area contributed by atoms with E-state index in [0.717, 1.165) is 6.42 Å². The van der Waals surface area contributed by atoms with Gasteiger partial charge in [0.15, 0.2) is 0 Å². The molecule has 0 saturated heterocycles. The molecule has 0 aliphatic heterocycles. The van der Waals surface area contributed by atoms with Crippen LogP contribution in [0.3, 0.4) is 0 Å². The maximum absolute atomic E-state index is 8.55. The van der Waals surface area contributed by atoms with Crippen LogP contribution >= 0.6 is 15.6 Å². The smallest absolute Gasteiger partial charge is 0.822 e. The molecule has 0 aromatic carbocycles. The number of rotatable bonds is 1. The first-order chi connectivity index (χ1) is 5.91. The minimum absolute atomic E-state index is 0. The van der Waals surface area contributed by atoms with Gasteiger partial charge in [0.1, 0.15) is 0 Å². The Kier molecular flexibility index (Phi) is 48.8. The molecule has 0 aromatic heterocycles. The molecule has 0 bridgehead atoms. The van der Waals surface area contributed by atoms with Crippen LogP contribution in [0, 0.1) is 0 Å². The molecule has 1 N–H and O–H groups in total. The Morgan fingerprint density at radius 1 is 0.824 bits per heavy atom. The van der Waals surface area contributed by atoms with E-state index in [2.05, 4.69) is 0 Å². The fourth-order valence-electron chi connectivity index (χ4n) is 0. The Morgan fingerprint density at radius 2 is 0.882 bits per heavy atom. The summed E-state index contributed by atoms with van der Waals surface area (Å²) in [5, 5.41) is 7.88. The summed E-state index contributed by atoms with van der Waals surface area (Å²) in [4.78, 5) is 51.3. The fourth-order valence-corrected chi connectivity index (χ4v) is 0. The SMILES string of the molecule is CCCO.O=P([O-])([O-])[O-].O=P([O-])([O-])[O-].[Ca+2].[Ca+2].[Ca+2]. The second kappa shape index (κ2) is 22.2. The molecule has 90 valence electrons. The molecule has 0 heterocycles. The molecule has 0 spiro atoms. The van der Waals surface area contributed by atoms with Crippen LogP contribution < -0.4 is 29.4 Å². The molecule has 0 aliphatic rings. The predicted molar refractivity (Wildman–Crippen MR) is 49.9 cm³/mol. The standard InChI is InChI=1S/C3H8O.3Ca.2H3O4P/c1-2-3-4;;;;2*1-5(2,3)4/h4H,2-3H2,1H3;;;;2*(H3,1,2,3,4)/q;3*+2;;/p-6. The summed E-state index contributed by atoms with van der Waals surface area (Å²) in [6.07, 6.45) is 0.875. The van der Waals surface area contributed by atoms with Gasteiger partial charge in [0.05, 0.1) is 0 Å². The van der Waals surface area contributed by atoms with Crippen molar-refractivity contribution in [2.24, 2.45) is 0 Å². The number of hydrogen-bond donors (Lipinski definition) is 1. The van der Waals surface area contributed by atoms with Crippen molar-refractivity contribution in [1.29, 1.82) is 0 Å². The normalized spacial score (nSPS) is 8.71. The maximum Gasteiger partial charge on any atom is 2.00 e. The summed E-state index contributed by atoms with van der Waals surface area (Å²) >= 11 is 0. The van der Waals surface area contributed by atoms with Crippen molar-refractivity contribution in [1.82, 2.24) is 0 Å². The van der Waals surface area contributed by atoms with Gasteiger partial charge in [-0.25, -0.2) is 0 Å². The van der Waals surface area contributed by atoms with E-state index >= 15 is 0 Å². The Hall–Kier alpha value is 3.96. The summed E-state index contributed by atoms with van der Waals surface area (Å²) < 4.78 is 17.1. The first-order valence-electron chi connectivity index (χ1n) is 2.98. The van der Waals surface area contributed by atoms with Crippen molar-refractivity contribution in [3.05, 3.63) is 0 Å². The fraction of sp³-hybridized carbons (Fsp3) is 1.00. The number of phosphoric acid groups is 2. The topological polar surface area (TPSA) is 193 Å². The van der Waals surface area contributed by atoms with Crippen LogP contribution in [0.1, 0.15) is 13.3 Å². The third-order valence-electron chi connectivity index (χ3n) is 0.224. The molecule has 17 heavy (non-hydrogen) atoms. The summed E-state index contributed by atoms with van der Waals surface area (Å²) in [5.74, 6) is 0. The monoisotopic (exact) mass is 370 g/mol. The van der Waals surface area contributed by atoms with Gasteiger partial charge in [-0.1, -0.05) is 6.92 Å². The Labute approximate surface area is 188 Å². The van der Waals surface area contributed by atoms with E-state index in [1.54, 1.807) is 0 Å². The number of aliphatic hydroxyl groups is 1. The van der Waals surface area contributed by atoms with Gasteiger partial charge in [0, 0.05) is 6.61 Å². The molecular weight excluding hydrogens is 362 g/mol. The summed E-state index contributed by atoms with van der Waals surface area (Å²) in [7, 11) is -10.8. The second-order valence-corrected chi connectivity index (χ2v) is 3.41. The van der Waals surface area contributed by atoms with Gasteiger partial charge in [-0.3, -0.25) is 0 Å². The molecule has 0 aliphatic carbocycles. The van der Waals surface area contributed by atoms with Crippen LogP contribution in [0.5, 0.6) is 0 Å². The van der Waals surface area contributed by atoms with Gasteiger partial charge in [0.2, 0.25) is 0 Å². The number of aliphatic hydroxyl groups excluding tert-OH is 1. The quantitative estimate of drug-likeness (QED) is 0.345. The van der Waals surface area contributed by atoms with Crippen LogP contribution in [-0.4, -0.2) is 125 Å². The van der Waals surface area contributed by atoms with Crippen LogP contribution in [0.2, 0.25) is 0 Å². The van der Waals surface area contributed by atoms with Crippen molar-refractivity contribution < 1.29 is 43.6 Å². The predicted octanol–water partition coefficient (Wildman–Crippen LogP) is -6.40. The maximum atomic E-state index is 8.55. The molecule has 0 saturated carbocycles. The minimum Gasteiger partial charge on any atom is -0.822 e. The number of hydrogen-bond acceptors (Lipinski definition) is 9. The first-order valence-corrected chi connectivity index (χ1v) is 5.91. The molecule has 0 fully saturated rings. The first kappa shape index (κ1) is 37.3. The van der Waals surface area contributed by atoms with Crippen LogP contribution in [0.15, 0.2) is 0 Å². The minimum atomic E-state index is -5.39. The third-order valence-corrected chi connectivity index (χ3v) is 0.224. The summed E-state index contributed by atoms with van der Waals surface area (Å²) in [5.41, 5.74) is 0. The van der Waals surface area contributed by atoms with Gasteiger partial charge in [0.25, 0.3) is 0 Å². The van der Waals surface area contributed by atoms with Crippen molar-refractivity contribution in [3.63, 3.8) is 0 Å². The van der Waals surface area contributed by atoms with Crippen LogP contribution in [-0.2, 0) is 9.13 Å². The van der Waals surface area contributed by atoms with E-state index in [1.807, 2.05) is 6.92 Å². The van der Waals surface area contributed by atoms with Gasteiger partial charge < -0.3 is 43.6 Å². The van der Waals surface area contributed by atoms with Gasteiger partial charge in [-0.15, -0.1) is 0 Å². The second-order valence-electron chi connectivity index (χ2n) is 1.62. The van der Waals surface area contributed by atoms with Crippen molar-refractivity contribution >= 4 is 129 Å². The average Bonchev–Trinajstić information content (AvgIpc) is 1.79.